The van der Waals surface area contributed by atoms with Gasteiger partial charge in [0.15, 0.2) is 0 Å². The maximum atomic E-state index is 0. The molecule has 0 aromatic heterocycles. The Kier molecular flexibility index (Phi) is 9770. The molecule has 3 N–H and O–H groups in total. The van der Waals surface area contributed by atoms with Gasteiger partial charge in [-0.25, -0.2) is 0 Å². The van der Waals surface area contributed by atoms with Crippen LogP contribution < -0.4 is 0 Å². The molecule has 3 nitrogen and oxygen atoms in total. The quantitative estimate of drug-likeness (QED) is 0.388. The third kappa shape index (κ3) is 29.4. The van der Waals surface area contributed by atoms with Crippen LogP contribution >= 0.6 is 0 Å². The summed E-state index contributed by atoms with van der Waals surface area (Å²) < 4.78 is 0. The van der Waals surface area contributed by atoms with E-state index < -0.39 is 0 Å². The van der Waals surface area contributed by atoms with Crippen LogP contribution in [-0.4, -0.2) is 16.4 Å². The maximum absolute atomic E-state index is 0. The van der Waals surface area contributed by atoms with Crippen LogP contribution in [-0.2, 0) is 17.1 Å². The zero-order valence-electron chi connectivity index (χ0n) is 1.72. The van der Waals surface area contributed by atoms with Gasteiger partial charge in [0.05, 0.1) is 0 Å². The largest absolute Gasteiger partial charge is 3.00 e. The molecular formula is H3MnO3. The van der Waals surface area contributed by atoms with Crippen LogP contribution in [0.5, 0.6) is 0 Å². The molecule has 0 rings (SSSR count). The Hall–Kier alpha value is 0.399. The summed E-state index contributed by atoms with van der Waals surface area (Å²) in [5, 5.41) is 0. The van der Waals surface area contributed by atoms with E-state index in [2.05, 4.69) is 0 Å². The molecule has 0 aliphatic rings. The summed E-state index contributed by atoms with van der Waals surface area (Å²) in [5.41, 5.74) is 0. The minimum Gasteiger partial charge on any atom is -0.870 e. The summed E-state index contributed by atoms with van der Waals surface area (Å²) in [7, 11) is 0. The first-order valence-electron chi connectivity index (χ1n) is 0. The average molecular weight is 106 g/mol. The van der Waals surface area contributed by atoms with Gasteiger partial charge in [0.2, 0.25) is 0 Å². The zero-order chi connectivity index (χ0) is 0. The van der Waals surface area contributed by atoms with Gasteiger partial charge in [-0.05, 0) is 0 Å². The fourth-order valence-corrected chi connectivity index (χ4v) is 0. The number of hydrogen-bond donors (Lipinski definition) is 0. The molecular weight excluding hydrogens is 103 g/mol. The van der Waals surface area contributed by atoms with Gasteiger partial charge in [-0.2, -0.15) is 0 Å². The third-order valence-corrected chi connectivity index (χ3v) is 0. The van der Waals surface area contributed by atoms with Crippen LogP contribution in [0, 0.1) is 0 Å². The second kappa shape index (κ2) is 123. The molecule has 0 saturated carbocycles. The normalized spacial score (nSPS) is 0. The van der Waals surface area contributed by atoms with Gasteiger partial charge in [0.1, 0.15) is 0 Å². The van der Waals surface area contributed by atoms with E-state index in [0.29, 0.717) is 0 Å². The predicted molar refractivity (Wildman–Crippen MR) is 5.81 cm³/mol. The van der Waals surface area contributed by atoms with E-state index in [0.717, 1.165) is 0 Å². The molecule has 4 heavy (non-hydrogen) atoms. The Morgan fingerprint density at radius 2 is 0.500 bits per heavy atom. The predicted octanol–water partition coefficient (Wildman–Crippen LogP) is -0.533. The minimum absolute atomic E-state index is 0. The monoisotopic (exact) mass is 106 g/mol. The molecule has 0 aliphatic heterocycles. The molecule has 0 aliphatic carbocycles. The Morgan fingerprint density at radius 1 is 0.500 bits per heavy atom. The summed E-state index contributed by atoms with van der Waals surface area (Å²) in [5.74, 6) is 0. The summed E-state index contributed by atoms with van der Waals surface area (Å²) in [4.78, 5) is 0. The Labute approximate surface area is 34.4 Å². The van der Waals surface area contributed by atoms with E-state index in [-0.39, 0.29) is 33.5 Å². The molecule has 28 valence electrons. The molecule has 0 unspecified atom stereocenters. The molecule has 0 aromatic rings. The summed E-state index contributed by atoms with van der Waals surface area (Å²) >= 11 is 0. The number of hydrogen-bond acceptors (Lipinski definition) is 3. The van der Waals surface area contributed by atoms with Crippen molar-refractivity contribution in [3.8, 4) is 0 Å². The average Bonchev–Trinajstić information content (AvgIpc) is 0. The third-order valence-electron chi connectivity index (χ3n) is 0. The van der Waals surface area contributed by atoms with Gasteiger partial charge in [-0.1, -0.05) is 0 Å². The first-order chi connectivity index (χ1) is 0. The fraction of sp³-hybridized carbons (Fsp3) is 0. The fourth-order valence-electron chi connectivity index (χ4n) is 0. The molecule has 0 radical (unpaired) electrons. The van der Waals surface area contributed by atoms with Crippen molar-refractivity contribution >= 4 is 0 Å². The van der Waals surface area contributed by atoms with Gasteiger partial charge in [-0.3, -0.25) is 0 Å². The van der Waals surface area contributed by atoms with Crippen molar-refractivity contribution in [2.75, 3.05) is 0 Å². The number of rotatable bonds is 0. The zero-order valence-corrected chi connectivity index (χ0v) is 2.90. The Balaban J connectivity index is 0. The van der Waals surface area contributed by atoms with Gasteiger partial charge >= 0.3 is 17.1 Å². The van der Waals surface area contributed by atoms with Crippen molar-refractivity contribution in [1.29, 1.82) is 0 Å². The molecule has 0 spiro atoms. The molecule has 0 bridgehead atoms. The topological polar surface area (TPSA) is 90.0 Å². The van der Waals surface area contributed by atoms with Gasteiger partial charge < -0.3 is 16.4 Å². The Morgan fingerprint density at radius 3 is 0.500 bits per heavy atom. The van der Waals surface area contributed by atoms with Crippen LogP contribution in [0.3, 0.4) is 0 Å². The van der Waals surface area contributed by atoms with Crippen LogP contribution in [0.15, 0.2) is 0 Å². The maximum Gasteiger partial charge on any atom is 3.00 e. The molecule has 0 atom stereocenters. The molecule has 0 fully saturated rings. The summed E-state index contributed by atoms with van der Waals surface area (Å²) in [6, 6.07) is 0. The van der Waals surface area contributed by atoms with Crippen molar-refractivity contribution in [3.05, 3.63) is 0 Å². The molecule has 0 saturated heterocycles. The van der Waals surface area contributed by atoms with Crippen molar-refractivity contribution in [3.63, 3.8) is 0 Å². The van der Waals surface area contributed by atoms with Crippen molar-refractivity contribution in [2.24, 2.45) is 0 Å². The molecule has 0 amide bonds. The first-order valence-corrected chi connectivity index (χ1v) is 0. The standard InChI is InChI=1S/Mn.3H2O/h;3*1H2/q+3;;;/p-3. The van der Waals surface area contributed by atoms with Crippen LogP contribution in [0.2, 0.25) is 0 Å². The van der Waals surface area contributed by atoms with E-state index in [1.54, 1.807) is 0 Å². The van der Waals surface area contributed by atoms with Gasteiger partial charge in [-0.15, -0.1) is 0 Å². The summed E-state index contributed by atoms with van der Waals surface area (Å²) in [6.45, 7) is 0. The van der Waals surface area contributed by atoms with Crippen molar-refractivity contribution in [2.45, 2.75) is 0 Å². The van der Waals surface area contributed by atoms with Crippen molar-refractivity contribution in [1.82, 2.24) is 0 Å². The second-order valence-electron chi connectivity index (χ2n) is 0. The smallest absolute Gasteiger partial charge is 0.870 e. The summed E-state index contributed by atoms with van der Waals surface area (Å²) in [6.07, 6.45) is 0. The van der Waals surface area contributed by atoms with Gasteiger partial charge in [0, 0.05) is 0 Å². The molecule has 4 heteroatoms. The van der Waals surface area contributed by atoms with E-state index in [9.17, 15) is 0 Å². The SMILES string of the molecule is [Mn+3].[OH-].[OH-].[OH-]. The van der Waals surface area contributed by atoms with E-state index in [1.807, 2.05) is 0 Å². The van der Waals surface area contributed by atoms with Crippen LogP contribution in [0.1, 0.15) is 0 Å². The second-order valence-corrected chi connectivity index (χ2v) is 0. The van der Waals surface area contributed by atoms with E-state index >= 15 is 0 Å². The van der Waals surface area contributed by atoms with Crippen molar-refractivity contribution < 1.29 is 33.5 Å². The molecule has 0 heterocycles. The minimum atomic E-state index is 0. The van der Waals surface area contributed by atoms with Crippen LogP contribution in [0.4, 0.5) is 0 Å². The molecule has 0 aromatic carbocycles. The van der Waals surface area contributed by atoms with E-state index in [1.165, 1.54) is 0 Å². The Bertz CT molecular complexity index is 3.25. The van der Waals surface area contributed by atoms with E-state index in [4.69, 9.17) is 0 Å². The van der Waals surface area contributed by atoms with Gasteiger partial charge in [0.25, 0.3) is 0 Å². The first kappa shape index (κ1) is 319. The van der Waals surface area contributed by atoms with Crippen LogP contribution in [0.25, 0.3) is 0 Å².